The lowest BCUT2D eigenvalue weighted by Crippen LogP contribution is -2.22. The summed E-state index contributed by atoms with van der Waals surface area (Å²) in [5.74, 6) is -0.0774. The van der Waals surface area contributed by atoms with Crippen LogP contribution in [-0.2, 0) is 0 Å². The standard InChI is InChI=1S/C11H13N5O/c1-15(2)11(17)8-3-4-9(12)10(5-8)16-7-13-6-14-16/h3-7H,12H2,1-2H3. The molecule has 0 bridgehead atoms. The highest BCUT2D eigenvalue weighted by Gasteiger charge is 2.11. The first kappa shape index (κ1) is 11.1. The van der Waals surface area contributed by atoms with Gasteiger partial charge in [0, 0.05) is 19.7 Å². The first-order valence-electron chi connectivity index (χ1n) is 5.06. The maximum absolute atomic E-state index is 11.8. The zero-order valence-corrected chi connectivity index (χ0v) is 9.66. The van der Waals surface area contributed by atoms with Crippen LogP contribution >= 0.6 is 0 Å². The van der Waals surface area contributed by atoms with Crippen LogP contribution in [0.15, 0.2) is 30.9 Å². The van der Waals surface area contributed by atoms with Gasteiger partial charge in [-0.3, -0.25) is 4.79 Å². The minimum absolute atomic E-state index is 0.0774. The van der Waals surface area contributed by atoms with Crippen LogP contribution in [0.1, 0.15) is 10.4 Å². The maximum Gasteiger partial charge on any atom is 0.253 e. The van der Waals surface area contributed by atoms with Crippen molar-refractivity contribution >= 4 is 11.6 Å². The number of amides is 1. The molecule has 0 atom stereocenters. The number of nitrogens with two attached hydrogens (primary N) is 1. The molecule has 0 saturated heterocycles. The molecule has 1 heterocycles. The van der Waals surface area contributed by atoms with Crippen molar-refractivity contribution in [1.29, 1.82) is 0 Å². The van der Waals surface area contributed by atoms with E-state index in [2.05, 4.69) is 10.1 Å². The highest BCUT2D eigenvalue weighted by molar-refractivity contribution is 5.95. The van der Waals surface area contributed by atoms with E-state index in [-0.39, 0.29) is 5.91 Å². The van der Waals surface area contributed by atoms with Crippen molar-refractivity contribution in [2.45, 2.75) is 0 Å². The van der Waals surface area contributed by atoms with Crippen molar-refractivity contribution in [2.24, 2.45) is 0 Å². The normalized spacial score (nSPS) is 10.2. The largest absolute Gasteiger partial charge is 0.397 e. The third kappa shape index (κ3) is 2.10. The zero-order chi connectivity index (χ0) is 12.4. The van der Waals surface area contributed by atoms with Gasteiger partial charge in [0.05, 0.1) is 11.4 Å². The van der Waals surface area contributed by atoms with E-state index >= 15 is 0 Å². The van der Waals surface area contributed by atoms with E-state index in [0.29, 0.717) is 16.9 Å². The highest BCUT2D eigenvalue weighted by atomic mass is 16.2. The van der Waals surface area contributed by atoms with Crippen LogP contribution in [0, 0.1) is 0 Å². The first-order chi connectivity index (χ1) is 8.09. The van der Waals surface area contributed by atoms with Crippen molar-refractivity contribution in [3.63, 3.8) is 0 Å². The smallest absolute Gasteiger partial charge is 0.253 e. The second-order valence-electron chi connectivity index (χ2n) is 3.81. The third-order valence-electron chi connectivity index (χ3n) is 2.35. The predicted octanol–water partition coefficient (Wildman–Crippen LogP) is 0.551. The van der Waals surface area contributed by atoms with Crippen LogP contribution < -0.4 is 5.73 Å². The van der Waals surface area contributed by atoms with E-state index in [4.69, 9.17) is 5.73 Å². The number of anilines is 1. The lowest BCUT2D eigenvalue weighted by Gasteiger charge is -2.12. The Balaban J connectivity index is 2.47. The number of aromatic nitrogens is 3. The summed E-state index contributed by atoms with van der Waals surface area (Å²) in [7, 11) is 3.40. The lowest BCUT2D eigenvalue weighted by atomic mass is 10.1. The average Bonchev–Trinajstić information content (AvgIpc) is 2.82. The van der Waals surface area contributed by atoms with E-state index in [1.165, 1.54) is 22.2 Å². The average molecular weight is 231 g/mol. The summed E-state index contributed by atoms with van der Waals surface area (Å²) in [6.45, 7) is 0. The van der Waals surface area contributed by atoms with Crippen molar-refractivity contribution in [2.75, 3.05) is 19.8 Å². The molecule has 2 rings (SSSR count). The van der Waals surface area contributed by atoms with Crippen molar-refractivity contribution < 1.29 is 4.79 Å². The third-order valence-corrected chi connectivity index (χ3v) is 2.35. The molecule has 0 radical (unpaired) electrons. The molecule has 6 heteroatoms. The van der Waals surface area contributed by atoms with Gasteiger partial charge in [-0.1, -0.05) is 0 Å². The van der Waals surface area contributed by atoms with Gasteiger partial charge >= 0.3 is 0 Å². The molecule has 0 aliphatic rings. The Kier molecular flexibility index (Phi) is 2.78. The Morgan fingerprint density at radius 1 is 1.41 bits per heavy atom. The zero-order valence-electron chi connectivity index (χ0n) is 9.66. The number of hydrogen-bond acceptors (Lipinski definition) is 4. The van der Waals surface area contributed by atoms with Crippen LogP contribution in [0.2, 0.25) is 0 Å². The first-order valence-corrected chi connectivity index (χ1v) is 5.06. The van der Waals surface area contributed by atoms with Crippen molar-refractivity contribution in [1.82, 2.24) is 19.7 Å². The molecule has 0 saturated carbocycles. The lowest BCUT2D eigenvalue weighted by molar-refractivity contribution is 0.0827. The summed E-state index contributed by atoms with van der Waals surface area (Å²) in [5, 5.41) is 3.99. The molecule has 0 spiro atoms. The summed E-state index contributed by atoms with van der Waals surface area (Å²) in [6, 6.07) is 5.08. The molecule has 0 fully saturated rings. The number of carbonyl (C=O) groups excluding carboxylic acids is 1. The molecule has 0 unspecified atom stereocenters. The molecule has 88 valence electrons. The summed E-state index contributed by atoms with van der Waals surface area (Å²) in [6.07, 6.45) is 2.95. The van der Waals surface area contributed by atoms with Crippen molar-refractivity contribution in [3.05, 3.63) is 36.4 Å². The Labute approximate surface area is 98.7 Å². The van der Waals surface area contributed by atoms with Crippen LogP contribution in [-0.4, -0.2) is 39.7 Å². The molecule has 0 aliphatic carbocycles. The minimum Gasteiger partial charge on any atom is -0.397 e. The van der Waals surface area contributed by atoms with Crippen LogP contribution in [0.25, 0.3) is 5.69 Å². The van der Waals surface area contributed by atoms with E-state index in [0.717, 1.165) is 0 Å². The number of nitrogens with zero attached hydrogens (tertiary/aromatic N) is 4. The minimum atomic E-state index is -0.0774. The fraction of sp³-hybridized carbons (Fsp3) is 0.182. The van der Waals surface area contributed by atoms with Crippen LogP contribution in [0.3, 0.4) is 0 Å². The molecular formula is C11H13N5O. The number of nitrogen functional groups attached to an aromatic ring is 1. The highest BCUT2D eigenvalue weighted by Crippen LogP contribution is 2.18. The molecule has 1 aromatic heterocycles. The van der Waals surface area contributed by atoms with Crippen LogP contribution in [0.4, 0.5) is 5.69 Å². The van der Waals surface area contributed by atoms with Gasteiger partial charge in [0.25, 0.3) is 5.91 Å². The molecule has 2 aromatic rings. The second kappa shape index (κ2) is 4.25. The quantitative estimate of drug-likeness (QED) is 0.766. The topological polar surface area (TPSA) is 77.0 Å². The number of carbonyl (C=O) groups is 1. The van der Waals surface area contributed by atoms with E-state index in [1.807, 2.05) is 0 Å². The second-order valence-corrected chi connectivity index (χ2v) is 3.81. The summed E-state index contributed by atoms with van der Waals surface area (Å²) >= 11 is 0. The van der Waals surface area contributed by atoms with Gasteiger partial charge in [0.2, 0.25) is 0 Å². The van der Waals surface area contributed by atoms with Crippen molar-refractivity contribution in [3.8, 4) is 5.69 Å². The number of benzene rings is 1. The molecular weight excluding hydrogens is 218 g/mol. The van der Waals surface area contributed by atoms with Gasteiger partial charge in [0.15, 0.2) is 0 Å². The monoisotopic (exact) mass is 231 g/mol. The molecule has 6 nitrogen and oxygen atoms in total. The van der Waals surface area contributed by atoms with Gasteiger partial charge in [-0.2, -0.15) is 5.10 Å². The Morgan fingerprint density at radius 3 is 2.76 bits per heavy atom. The van der Waals surface area contributed by atoms with Gasteiger partial charge in [-0.15, -0.1) is 0 Å². The SMILES string of the molecule is CN(C)C(=O)c1ccc(N)c(-n2cncn2)c1. The Hall–Kier alpha value is -2.37. The fourth-order valence-electron chi connectivity index (χ4n) is 1.47. The Morgan fingerprint density at radius 2 is 2.18 bits per heavy atom. The predicted molar refractivity (Wildman–Crippen MR) is 63.8 cm³/mol. The molecule has 17 heavy (non-hydrogen) atoms. The van der Waals surface area contributed by atoms with Crippen LogP contribution in [0.5, 0.6) is 0 Å². The fourth-order valence-corrected chi connectivity index (χ4v) is 1.47. The van der Waals surface area contributed by atoms with E-state index in [9.17, 15) is 4.79 Å². The van der Waals surface area contributed by atoms with Gasteiger partial charge in [-0.25, -0.2) is 9.67 Å². The summed E-state index contributed by atoms with van der Waals surface area (Å²) < 4.78 is 1.53. The summed E-state index contributed by atoms with van der Waals surface area (Å²) in [4.78, 5) is 17.2. The van der Waals surface area contributed by atoms with Gasteiger partial charge in [-0.05, 0) is 18.2 Å². The number of rotatable bonds is 2. The van der Waals surface area contributed by atoms with E-state index in [1.54, 1.807) is 32.3 Å². The molecule has 0 aliphatic heterocycles. The molecule has 1 aromatic carbocycles. The number of hydrogen-bond donors (Lipinski definition) is 1. The van der Waals surface area contributed by atoms with E-state index < -0.39 is 0 Å². The Bertz CT molecular complexity index is 533. The maximum atomic E-state index is 11.8. The van der Waals surface area contributed by atoms with Gasteiger partial charge < -0.3 is 10.6 Å². The molecule has 2 N–H and O–H groups in total. The molecule has 1 amide bonds. The van der Waals surface area contributed by atoms with Gasteiger partial charge in [0.1, 0.15) is 12.7 Å². The summed E-state index contributed by atoms with van der Waals surface area (Å²) in [5.41, 5.74) is 7.60.